The number of rotatable bonds is 4. The van der Waals surface area contributed by atoms with Gasteiger partial charge in [-0.25, -0.2) is 0 Å². The van der Waals surface area contributed by atoms with E-state index in [2.05, 4.69) is 219 Å². The van der Waals surface area contributed by atoms with Crippen LogP contribution in [-0.2, 0) is 10.8 Å². The van der Waals surface area contributed by atoms with E-state index >= 15 is 0 Å². The van der Waals surface area contributed by atoms with E-state index in [9.17, 15) is 0 Å². The van der Waals surface area contributed by atoms with Crippen LogP contribution >= 0.6 is 0 Å². The lowest BCUT2D eigenvalue weighted by Crippen LogP contribution is -2.40. The topological polar surface area (TPSA) is 3.24 Å². The number of anilines is 3. The molecule has 11 rings (SSSR count). The standard InChI is InChI=1S/C54H39N/c1-53(2)49-20-10-12-22-51(49)54(52-23-13-11-21-50(52)53)47-19-9-8-18-45(47)46-35-44(30-31-48(46)54)55(42-28-26-37-16-6-7-17-38(37)33-42)43-29-27-40-32-39(24-25-41(40)34-43)36-14-4-3-5-15-36/h3-35H,1-2H3. The summed E-state index contributed by atoms with van der Waals surface area (Å²) in [7, 11) is 0. The number of fused-ring (bicyclic) bond motifs is 11. The molecule has 260 valence electrons. The largest absolute Gasteiger partial charge is 0.310 e. The smallest absolute Gasteiger partial charge is 0.0719 e. The van der Waals surface area contributed by atoms with E-state index in [0.717, 1.165) is 17.1 Å². The molecular formula is C54H39N. The Morgan fingerprint density at radius 1 is 0.309 bits per heavy atom. The van der Waals surface area contributed by atoms with Crippen molar-refractivity contribution < 1.29 is 0 Å². The Morgan fingerprint density at radius 2 is 0.782 bits per heavy atom. The van der Waals surface area contributed by atoms with Crippen LogP contribution in [-0.4, -0.2) is 0 Å². The highest BCUT2D eigenvalue weighted by Gasteiger charge is 2.53. The van der Waals surface area contributed by atoms with Crippen LogP contribution in [0.5, 0.6) is 0 Å². The van der Waals surface area contributed by atoms with Crippen molar-refractivity contribution in [3.63, 3.8) is 0 Å². The summed E-state index contributed by atoms with van der Waals surface area (Å²) in [5.74, 6) is 0. The molecule has 9 aromatic carbocycles. The normalized spacial score (nSPS) is 14.3. The summed E-state index contributed by atoms with van der Waals surface area (Å²) in [5.41, 5.74) is 16.2. The predicted octanol–water partition coefficient (Wildman–Crippen LogP) is 14.1. The number of nitrogens with zero attached hydrogens (tertiary/aromatic N) is 1. The number of hydrogen-bond donors (Lipinski definition) is 0. The Morgan fingerprint density at radius 3 is 1.49 bits per heavy atom. The molecule has 0 saturated heterocycles. The molecule has 0 heterocycles. The second-order valence-electron chi connectivity index (χ2n) is 15.7. The van der Waals surface area contributed by atoms with Crippen molar-refractivity contribution in [2.45, 2.75) is 24.7 Å². The molecule has 1 spiro atoms. The molecule has 0 bridgehead atoms. The molecule has 1 heteroatoms. The van der Waals surface area contributed by atoms with Crippen molar-refractivity contribution in [3.05, 3.63) is 234 Å². The molecule has 9 aromatic rings. The summed E-state index contributed by atoms with van der Waals surface area (Å²) < 4.78 is 0. The van der Waals surface area contributed by atoms with E-state index in [1.54, 1.807) is 0 Å². The fourth-order valence-electron chi connectivity index (χ4n) is 9.94. The van der Waals surface area contributed by atoms with E-state index in [-0.39, 0.29) is 5.41 Å². The maximum atomic E-state index is 2.45. The monoisotopic (exact) mass is 701 g/mol. The quantitative estimate of drug-likeness (QED) is 0.177. The Bertz CT molecular complexity index is 2920. The third kappa shape index (κ3) is 4.60. The van der Waals surface area contributed by atoms with E-state index in [4.69, 9.17) is 0 Å². The van der Waals surface area contributed by atoms with Gasteiger partial charge in [0.15, 0.2) is 0 Å². The fourth-order valence-corrected chi connectivity index (χ4v) is 9.94. The maximum absolute atomic E-state index is 2.45. The minimum absolute atomic E-state index is 0.124. The van der Waals surface area contributed by atoms with Crippen molar-refractivity contribution in [2.75, 3.05) is 4.90 Å². The summed E-state index contributed by atoms with van der Waals surface area (Å²) in [5, 5.41) is 4.90. The second-order valence-corrected chi connectivity index (χ2v) is 15.7. The van der Waals surface area contributed by atoms with E-state index in [0.29, 0.717) is 0 Å². The highest BCUT2D eigenvalue weighted by molar-refractivity contribution is 5.96. The van der Waals surface area contributed by atoms with Crippen LogP contribution in [0, 0.1) is 0 Å². The minimum atomic E-state index is -0.416. The van der Waals surface area contributed by atoms with Crippen LogP contribution in [0.2, 0.25) is 0 Å². The average Bonchev–Trinajstić information content (AvgIpc) is 3.53. The first-order chi connectivity index (χ1) is 27.0. The molecule has 0 aromatic heterocycles. The van der Waals surface area contributed by atoms with Crippen molar-refractivity contribution in [3.8, 4) is 22.3 Å². The molecule has 0 N–H and O–H groups in total. The predicted molar refractivity (Wildman–Crippen MR) is 231 cm³/mol. The van der Waals surface area contributed by atoms with Gasteiger partial charge in [-0.05, 0) is 120 Å². The third-order valence-electron chi connectivity index (χ3n) is 12.5. The van der Waals surface area contributed by atoms with Crippen molar-refractivity contribution in [2.24, 2.45) is 0 Å². The minimum Gasteiger partial charge on any atom is -0.310 e. The van der Waals surface area contributed by atoms with Gasteiger partial charge in [-0.2, -0.15) is 0 Å². The van der Waals surface area contributed by atoms with Crippen molar-refractivity contribution in [1.82, 2.24) is 0 Å². The highest BCUT2D eigenvalue weighted by Crippen LogP contribution is 2.62. The molecule has 1 nitrogen and oxygen atoms in total. The van der Waals surface area contributed by atoms with Gasteiger partial charge in [-0.15, -0.1) is 0 Å². The molecule has 2 aliphatic rings. The zero-order valence-corrected chi connectivity index (χ0v) is 31.0. The number of benzene rings is 9. The molecule has 55 heavy (non-hydrogen) atoms. The fraction of sp³-hybridized carbons (Fsp3) is 0.0741. The zero-order chi connectivity index (χ0) is 36.7. The Kier molecular flexibility index (Phi) is 6.88. The van der Waals surface area contributed by atoms with Crippen molar-refractivity contribution >= 4 is 38.6 Å². The summed E-state index contributed by atoms with van der Waals surface area (Å²) in [6.45, 7) is 4.77. The number of hydrogen-bond acceptors (Lipinski definition) is 1. The summed E-state index contributed by atoms with van der Waals surface area (Å²) in [6, 6.07) is 74.6. The first-order valence-corrected chi connectivity index (χ1v) is 19.3. The lowest BCUT2D eigenvalue weighted by atomic mass is 9.55. The molecule has 0 saturated carbocycles. The third-order valence-corrected chi connectivity index (χ3v) is 12.5. The lowest BCUT2D eigenvalue weighted by molar-refractivity contribution is 0.563. The van der Waals surface area contributed by atoms with Gasteiger partial charge in [0, 0.05) is 22.5 Å². The molecular weight excluding hydrogens is 663 g/mol. The van der Waals surface area contributed by atoms with Gasteiger partial charge in [-0.1, -0.05) is 172 Å². The van der Waals surface area contributed by atoms with Gasteiger partial charge >= 0.3 is 0 Å². The van der Waals surface area contributed by atoms with Crippen LogP contribution in [0.1, 0.15) is 47.2 Å². The molecule has 0 radical (unpaired) electrons. The van der Waals surface area contributed by atoms with Gasteiger partial charge in [-0.3, -0.25) is 0 Å². The first-order valence-electron chi connectivity index (χ1n) is 19.3. The van der Waals surface area contributed by atoms with E-state index < -0.39 is 5.41 Å². The summed E-state index contributed by atoms with van der Waals surface area (Å²) >= 11 is 0. The van der Waals surface area contributed by atoms with Crippen LogP contribution in [0.15, 0.2) is 200 Å². The Hall–Kier alpha value is -6.70. The molecule has 0 amide bonds. The molecule has 0 atom stereocenters. The van der Waals surface area contributed by atoms with Crippen molar-refractivity contribution in [1.29, 1.82) is 0 Å². The molecule has 2 aliphatic carbocycles. The van der Waals surface area contributed by atoms with Gasteiger partial charge in [0.25, 0.3) is 0 Å². The van der Waals surface area contributed by atoms with E-state index in [1.807, 2.05) is 0 Å². The van der Waals surface area contributed by atoms with E-state index in [1.165, 1.54) is 77.2 Å². The van der Waals surface area contributed by atoms with Gasteiger partial charge < -0.3 is 4.90 Å². The highest BCUT2D eigenvalue weighted by atomic mass is 15.1. The lowest BCUT2D eigenvalue weighted by Gasteiger charge is -2.46. The van der Waals surface area contributed by atoms with Gasteiger partial charge in [0.2, 0.25) is 0 Å². The van der Waals surface area contributed by atoms with Crippen LogP contribution in [0.25, 0.3) is 43.8 Å². The average molecular weight is 702 g/mol. The van der Waals surface area contributed by atoms with Gasteiger partial charge in [0.05, 0.1) is 5.41 Å². The Labute approximate surface area is 322 Å². The molecule has 0 fully saturated rings. The van der Waals surface area contributed by atoms with Crippen LogP contribution < -0.4 is 4.90 Å². The summed E-state index contributed by atoms with van der Waals surface area (Å²) in [6.07, 6.45) is 0. The van der Waals surface area contributed by atoms with Crippen LogP contribution in [0.4, 0.5) is 17.1 Å². The maximum Gasteiger partial charge on any atom is 0.0719 e. The van der Waals surface area contributed by atoms with Crippen LogP contribution in [0.3, 0.4) is 0 Å². The van der Waals surface area contributed by atoms with Gasteiger partial charge in [0.1, 0.15) is 0 Å². The Balaban J connectivity index is 1.14. The second kappa shape index (κ2) is 11.9. The molecule has 0 unspecified atom stereocenters. The first kappa shape index (κ1) is 31.8. The summed E-state index contributed by atoms with van der Waals surface area (Å²) in [4.78, 5) is 2.44. The molecule has 0 aliphatic heterocycles. The SMILES string of the molecule is CC1(C)c2ccccc2C2(c3ccccc3-c3cc(N(c4ccc5ccccc5c4)c4ccc5cc(-c6ccccc6)ccc5c4)ccc32)c2ccccc21. The zero-order valence-electron chi connectivity index (χ0n) is 31.0.